The summed E-state index contributed by atoms with van der Waals surface area (Å²) in [7, 11) is 0. The number of aromatic nitrogens is 4. The second-order valence-corrected chi connectivity index (χ2v) is 7.46. The average Bonchev–Trinajstić information content (AvgIpc) is 3.08. The van der Waals surface area contributed by atoms with E-state index >= 15 is 0 Å². The quantitative estimate of drug-likeness (QED) is 0.435. The van der Waals surface area contributed by atoms with E-state index in [2.05, 4.69) is 87.9 Å². The van der Waals surface area contributed by atoms with Crippen LogP contribution < -0.4 is 10.6 Å². The van der Waals surface area contributed by atoms with Crippen LogP contribution in [0.2, 0.25) is 0 Å². The second kappa shape index (κ2) is 7.91. The maximum absolute atomic E-state index is 4.56. The van der Waals surface area contributed by atoms with Gasteiger partial charge in [0.25, 0.3) is 0 Å². The summed E-state index contributed by atoms with van der Waals surface area (Å²) in [5.74, 6) is 1.82. The Morgan fingerprint density at radius 2 is 1.62 bits per heavy atom. The van der Waals surface area contributed by atoms with Crippen molar-refractivity contribution in [2.24, 2.45) is 0 Å². The Labute approximate surface area is 170 Å². The van der Waals surface area contributed by atoms with E-state index in [1.54, 1.807) is 0 Å². The van der Waals surface area contributed by atoms with Crippen LogP contribution in [0.3, 0.4) is 0 Å². The van der Waals surface area contributed by atoms with Gasteiger partial charge in [-0.15, -0.1) is 0 Å². The van der Waals surface area contributed by atoms with E-state index in [4.69, 9.17) is 0 Å². The van der Waals surface area contributed by atoms with Crippen molar-refractivity contribution in [1.29, 1.82) is 0 Å². The van der Waals surface area contributed by atoms with Gasteiger partial charge in [0.2, 0.25) is 11.9 Å². The number of anilines is 3. The maximum Gasteiger partial charge on any atom is 0.232 e. The number of aromatic amines is 1. The van der Waals surface area contributed by atoms with Gasteiger partial charge in [0, 0.05) is 29.3 Å². The number of nitrogens with one attached hydrogen (secondary N) is 3. The highest BCUT2D eigenvalue weighted by molar-refractivity contribution is 5.83. The molecule has 4 aromatic rings. The molecular formula is C23H26N6. The number of rotatable bonds is 6. The van der Waals surface area contributed by atoms with Crippen molar-refractivity contribution in [3.05, 3.63) is 70.7 Å². The minimum absolute atomic E-state index is 0.558. The molecule has 0 aliphatic rings. The molecule has 0 fully saturated rings. The largest absolute Gasteiger partial charge is 0.361 e. The third-order valence-corrected chi connectivity index (χ3v) is 5.01. The van der Waals surface area contributed by atoms with Gasteiger partial charge in [-0.25, -0.2) is 0 Å². The Balaban J connectivity index is 1.47. The molecule has 3 N–H and O–H groups in total. The molecule has 0 aliphatic heterocycles. The van der Waals surface area contributed by atoms with Gasteiger partial charge in [0.15, 0.2) is 0 Å². The Morgan fingerprint density at radius 3 is 2.41 bits per heavy atom. The fraction of sp³-hybridized carbons (Fsp3) is 0.261. The van der Waals surface area contributed by atoms with Gasteiger partial charge in [-0.1, -0.05) is 35.9 Å². The lowest BCUT2D eigenvalue weighted by Crippen LogP contribution is -2.11. The van der Waals surface area contributed by atoms with E-state index in [9.17, 15) is 0 Å². The number of fused-ring (bicyclic) bond motifs is 1. The predicted octanol–water partition coefficient (Wildman–Crippen LogP) is 4.98. The molecule has 2 heterocycles. The van der Waals surface area contributed by atoms with Gasteiger partial charge >= 0.3 is 0 Å². The first kappa shape index (κ1) is 18.9. The van der Waals surface area contributed by atoms with Crippen molar-refractivity contribution in [3.8, 4) is 0 Å². The summed E-state index contributed by atoms with van der Waals surface area (Å²) in [5.41, 5.74) is 7.09. The van der Waals surface area contributed by atoms with Gasteiger partial charge in [0.05, 0.1) is 0 Å². The number of aryl methyl sites for hydroxylation is 4. The van der Waals surface area contributed by atoms with E-state index in [-0.39, 0.29) is 0 Å². The lowest BCUT2D eigenvalue weighted by Gasteiger charge is -2.14. The molecular weight excluding hydrogens is 360 g/mol. The zero-order valence-corrected chi connectivity index (χ0v) is 17.3. The summed E-state index contributed by atoms with van der Waals surface area (Å²) >= 11 is 0. The van der Waals surface area contributed by atoms with Crippen LogP contribution >= 0.6 is 0 Å². The molecule has 2 aromatic carbocycles. The summed E-state index contributed by atoms with van der Waals surface area (Å²) in [4.78, 5) is 16.8. The summed E-state index contributed by atoms with van der Waals surface area (Å²) in [6, 6.07) is 12.7. The van der Waals surface area contributed by atoms with Crippen LogP contribution in [0, 0.1) is 27.7 Å². The summed E-state index contributed by atoms with van der Waals surface area (Å²) in [6.45, 7) is 8.92. The van der Waals surface area contributed by atoms with Gasteiger partial charge in [0.1, 0.15) is 5.82 Å². The molecule has 4 rings (SSSR count). The minimum Gasteiger partial charge on any atom is -0.361 e. The van der Waals surface area contributed by atoms with Crippen LogP contribution in [0.25, 0.3) is 10.9 Å². The molecule has 0 radical (unpaired) electrons. The second-order valence-electron chi connectivity index (χ2n) is 7.46. The van der Waals surface area contributed by atoms with E-state index < -0.39 is 0 Å². The van der Waals surface area contributed by atoms with E-state index in [0.717, 1.165) is 24.2 Å². The smallest absolute Gasteiger partial charge is 0.232 e. The molecule has 0 bridgehead atoms. The Kier molecular flexibility index (Phi) is 5.16. The molecule has 0 atom stereocenters. The highest BCUT2D eigenvalue weighted by Crippen LogP contribution is 2.25. The Bertz CT molecular complexity index is 1140. The molecule has 2 aromatic heterocycles. The number of para-hydroxylation sites is 1. The van der Waals surface area contributed by atoms with Gasteiger partial charge in [-0.3, -0.25) is 0 Å². The average molecular weight is 387 g/mol. The van der Waals surface area contributed by atoms with Crippen LogP contribution in [0.4, 0.5) is 17.6 Å². The third-order valence-electron chi connectivity index (χ3n) is 5.01. The summed E-state index contributed by atoms with van der Waals surface area (Å²) in [5, 5.41) is 7.96. The Hall–Kier alpha value is -3.41. The van der Waals surface area contributed by atoms with Crippen molar-refractivity contribution in [2.75, 3.05) is 17.2 Å². The highest BCUT2D eigenvalue weighted by atomic mass is 15.2. The van der Waals surface area contributed by atoms with Crippen molar-refractivity contribution < 1.29 is 0 Å². The molecule has 0 saturated heterocycles. The number of nitrogens with zero attached hydrogens (tertiary/aromatic N) is 3. The topological polar surface area (TPSA) is 78.5 Å². The maximum atomic E-state index is 4.56. The standard InChI is InChI=1S/C23H26N6/c1-14-11-15(2)21(16(3)12-14)28-23-27-17(4)26-22(29-23)24-10-9-18-13-25-20-8-6-5-7-19(18)20/h5-8,11-13,25H,9-10H2,1-4H3,(H2,24,26,27,28,29). The van der Waals surface area contributed by atoms with Crippen LogP contribution in [-0.4, -0.2) is 26.5 Å². The fourth-order valence-electron chi connectivity index (χ4n) is 3.75. The van der Waals surface area contributed by atoms with Gasteiger partial charge in [-0.2, -0.15) is 15.0 Å². The van der Waals surface area contributed by atoms with Crippen molar-refractivity contribution >= 4 is 28.5 Å². The fourth-order valence-corrected chi connectivity index (χ4v) is 3.75. The van der Waals surface area contributed by atoms with Crippen LogP contribution in [0.15, 0.2) is 42.6 Å². The molecule has 0 amide bonds. The van der Waals surface area contributed by atoms with E-state index in [1.807, 2.05) is 13.0 Å². The monoisotopic (exact) mass is 386 g/mol. The molecule has 29 heavy (non-hydrogen) atoms. The number of H-pyrrole nitrogens is 1. The van der Waals surface area contributed by atoms with Crippen molar-refractivity contribution in [3.63, 3.8) is 0 Å². The van der Waals surface area contributed by atoms with Gasteiger partial charge < -0.3 is 15.6 Å². The number of benzene rings is 2. The van der Waals surface area contributed by atoms with Crippen LogP contribution in [-0.2, 0) is 6.42 Å². The summed E-state index contributed by atoms with van der Waals surface area (Å²) in [6.07, 6.45) is 2.95. The SMILES string of the molecule is Cc1cc(C)c(Nc2nc(C)nc(NCCc3c[nH]c4ccccc34)n2)c(C)c1. The van der Waals surface area contributed by atoms with Crippen molar-refractivity contribution in [2.45, 2.75) is 34.1 Å². The normalized spacial score (nSPS) is 11.0. The lowest BCUT2D eigenvalue weighted by atomic mass is 10.1. The zero-order valence-electron chi connectivity index (χ0n) is 17.3. The molecule has 0 saturated carbocycles. The first-order chi connectivity index (χ1) is 14.0. The molecule has 0 spiro atoms. The Morgan fingerprint density at radius 1 is 0.897 bits per heavy atom. The summed E-state index contributed by atoms with van der Waals surface area (Å²) < 4.78 is 0. The predicted molar refractivity (Wildman–Crippen MR) is 119 cm³/mol. The first-order valence-electron chi connectivity index (χ1n) is 9.86. The van der Waals surface area contributed by atoms with Crippen LogP contribution in [0.1, 0.15) is 28.1 Å². The first-order valence-corrected chi connectivity index (χ1v) is 9.86. The number of hydrogen-bond donors (Lipinski definition) is 3. The van der Waals surface area contributed by atoms with Crippen LogP contribution in [0.5, 0.6) is 0 Å². The number of hydrogen-bond acceptors (Lipinski definition) is 5. The molecule has 148 valence electrons. The van der Waals surface area contributed by atoms with Crippen molar-refractivity contribution in [1.82, 2.24) is 19.9 Å². The van der Waals surface area contributed by atoms with Gasteiger partial charge in [-0.05, 0) is 56.9 Å². The minimum atomic E-state index is 0.558. The molecule has 6 nitrogen and oxygen atoms in total. The molecule has 0 unspecified atom stereocenters. The van der Waals surface area contributed by atoms with E-state index in [0.29, 0.717) is 17.7 Å². The zero-order chi connectivity index (χ0) is 20.4. The molecule has 6 heteroatoms. The molecule has 0 aliphatic carbocycles. The van der Waals surface area contributed by atoms with E-state index in [1.165, 1.54) is 27.6 Å². The highest BCUT2D eigenvalue weighted by Gasteiger charge is 2.09. The lowest BCUT2D eigenvalue weighted by molar-refractivity contribution is 0.940. The third kappa shape index (κ3) is 4.21.